The number of rotatable bonds is 3. The molecule has 2 N–H and O–H groups in total. The van der Waals surface area contributed by atoms with Gasteiger partial charge in [0.05, 0.1) is 6.04 Å². The van der Waals surface area contributed by atoms with Crippen molar-refractivity contribution in [3.05, 3.63) is 29.8 Å². The average Bonchev–Trinajstić information content (AvgIpc) is 2.60. The number of amides is 4. The zero-order valence-electron chi connectivity index (χ0n) is 17.2. The van der Waals surface area contributed by atoms with E-state index in [2.05, 4.69) is 10.6 Å². The largest absolute Gasteiger partial charge is 0.444 e. The Morgan fingerprint density at radius 3 is 2.25 bits per heavy atom. The first-order valence-corrected chi connectivity index (χ1v) is 9.46. The molecule has 2 rings (SSSR count). The lowest BCUT2D eigenvalue weighted by Gasteiger charge is -2.36. The van der Waals surface area contributed by atoms with Crippen LogP contribution in [-0.2, 0) is 9.53 Å². The minimum atomic E-state index is -0.535. The van der Waals surface area contributed by atoms with Crippen LogP contribution in [0.25, 0.3) is 0 Å². The zero-order chi connectivity index (χ0) is 20.9. The summed E-state index contributed by atoms with van der Waals surface area (Å²) in [7, 11) is 0. The van der Waals surface area contributed by atoms with E-state index in [0.717, 1.165) is 5.56 Å². The number of carbonyl (C=O) groups excluding carboxylic acids is 3. The first-order valence-electron chi connectivity index (χ1n) is 9.46. The first kappa shape index (κ1) is 21.5. The van der Waals surface area contributed by atoms with Crippen LogP contribution < -0.4 is 10.6 Å². The highest BCUT2D eigenvalue weighted by molar-refractivity contribution is 5.88. The van der Waals surface area contributed by atoms with Crippen molar-refractivity contribution in [3.8, 4) is 0 Å². The number of nitrogens with one attached hydrogen (secondary N) is 2. The molecule has 1 aliphatic heterocycles. The summed E-state index contributed by atoms with van der Waals surface area (Å²) in [5.74, 6) is -0.142. The molecule has 0 aliphatic carbocycles. The molecular formula is C20H30N4O4. The van der Waals surface area contributed by atoms with Crippen molar-refractivity contribution < 1.29 is 19.1 Å². The van der Waals surface area contributed by atoms with Crippen LogP contribution in [0.15, 0.2) is 24.3 Å². The lowest BCUT2D eigenvalue weighted by atomic mass is 10.1. The van der Waals surface area contributed by atoms with Gasteiger partial charge < -0.3 is 25.2 Å². The fraction of sp³-hybridized carbons (Fsp3) is 0.550. The lowest BCUT2D eigenvalue weighted by molar-refractivity contribution is -0.114. The molecule has 8 heteroatoms. The van der Waals surface area contributed by atoms with Gasteiger partial charge in [-0.1, -0.05) is 12.1 Å². The van der Waals surface area contributed by atoms with Gasteiger partial charge in [0, 0.05) is 38.8 Å². The van der Waals surface area contributed by atoms with Gasteiger partial charge in [-0.05, 0) is 45.4 Å². The summed E-state index contributed by atoms with van der Waals surface area (Å²) in [5, 5.41) is 5.71. The third kappa shape index (κ3) is 6.44. The van der Waals surface area contributed by atoms with Gasteiger partial charge in [-0.25, -0.2) is 9.59 Å². The van der Waals surface area contributed by atoms with E-state index in [0.29, 0.717) is 31.9 Å². The van der Waals surface area contributed by atoms with Crippen LogP contribution in [0, 0.1) is 0 Å². The Morgan fingerprint density at radius 2 is 1.68 bits per heavy atom. The van der Waals surface area contributed by atoms with Crippen molar-refractivity contribution in [2.75, 3.05) is 31.5 Å². The van der Waals surface area contributed by atoms with E-state index in [1.165, 1.54) is 6.92 Å². The molecule has 0 saturated carbocycles. The quantitative estimate of drug-likeness (QED) is 0.830. The molecule has 1 aromatic rings. The normalized spacial score (nSPS) is 15.6. The molecule has 1 aliphatic rings. The number of ether oxygens (including phenoxy) is 1. The fourth-order valence-corrected chi connectivity index (χ4v) is 2.87. The predicted molar refractivity (Wildman–Crippen MR) is 107 cm³/mol. The van der Waals surface area contributed by atoms with Gasteiger partial charge in [0.1, 0.15) is 5.60 Å². The Bertz CT molecular complexity index is 721. The van der Waals surface area contributed by atoms with Crippen LogP contribution in [0.4, 0.5) is 15.3 Å². The maximum Gasteiger partial charge on any atom is 0.410 e. The van der Waals surface area contributed by atoms with Crippen molar-refractivity contribution in [1.29, 1.82) is 0 Å². The van der Waals surface area contributed by atoms with E-state index in [-0.39, 0.29) is 24.1 Å². The summed E-state index contributed by atoms with van der Waals surface area (Å²) in [6.07, 6.45) is -0.351. The van der Waals surface area contributed by atoms with E-state index < -0.39 is 5.60 Å². The minimum Gasteiger partial charge on any atom is -0.444 e. The molecule has 1 aromatic carbocycles. The number of hydrogen-bond acceptors (Lipinski definition) is 4. The third-order valence-corrected chi connectivity index (χ3v) is 4.27. The molecule has 0 bridgehead atoms. The monoisotopic (exact) mass is 390 g/mol. The molecule has 0 radical (unpaired) electrons. The maximum atomic E-state index is 12.6. The molecule has 1 unspecified atom stereocenters. The molecular weight excluding hydrogens is 360 g/mol. The third-order valence-electron chi connectivity index (χ3n) is 4.27. The summed E-state index contributed by atoms with van der Waals surface area (Å²) in [4.78, 5) is 39.2. The molecule has 1 heterocycles. The molecule has 154 valence electrons. The average molecular weight is 390 g/mol. The Kier molecular flexibility index (Phi) is 6.88. The Hall–Kier alpha value is -2.77. The minimum absolute atomic E-state index is 0.142. The number of benzene rings is 1. The summed E-state index contributed by atoms with van der Waals surface area (Å²) in [5.41, 5.74) is 1.05. The predicted octanol–water partition coefficient (Wildman–Crippen LogP) is 2.97. The van der Waals surface area contributed by atoms with Crippen LogP contribution in [-0.4, -0.2) is 59.6 Å². The van der Waals surface area contributed by atoms with Crippen LogP contribution in [0.1, 0.15) is 46.2 Å². The molecule has 0 spiro atoms. The van der Waals surface area contributed by atoms with Crippen molar-refractivity contribution in [1.82, 2.24) is 15.1 Å². The highest BCUT2D eigenvalue weighted by Crippen LogP contribution is 2.18. The smallest absolute Gasteiger partial charge is 0.410 e. The maximum absolute atomic E-state index is 12.6. The van der Waals surface area contributed by atoms with Crippen LogP contribution in [0.5, 0.6) is 0 Å². The van der Waals surface area contributed by atoms with Crippen LogP contribution in [0.3, 0.4) is 0 Å². The second kappa shape index (κ2) is 8.95. The summed E-state index contributed by atoms with van der Waals surface area (Å²) >= 11 is 0. The molecule has 1 atom stereocenters. The van der Waals surface area contributed by atoms with E-state index in [9.17, 15) is 14.4 Å². The van der Waals surface area contributed by atoms with E-state index in [4.69, 9.17) is 4.74 Å². The van der Waals surface area contributed by atoms with E-state index >= 15 is 0 Å². The molecule has 0 aromatic heterocycles. The number of anilines is 1. The number of urea groups is 1. The highest BCUT2D eigenvalue weighted by atomic mass is 16.6. The summed E-state index contributed by atoms with van der Waals surface area (Å²) < 4.78 is 5.37. The van der Waals surface area contributed by atoms with Gasteiger partial charge in [-0.15, -0.1) is 0 Å². The number of piperazine rings is 1. The highest BCUT2D eigenvalue weighted by Gasteiger charge is 2.28. The van der Waals surface area contributed by atoms with Gasteiger partial charge in [0.25, 0.3) is 0 Å². The Labute approximate surface area is 166 Å². The van der Waals surface area contributed by atoms with Crippen LogP contribution >= 0.6 is 0 Å². The lowest BCUT2D eigenvalue weighted by Crippen LogP contribution is -2.54. The molecule has 8 nitrogen and oxygen atoms in total. The van der Waals surface area contributed by atoms with Gasteiger partial charge >= 0.3 is 12.1 Å². The SMILES string of the molecule is CC(=O)Nc1cccc(C(C)NC(=O)N2CCN(C(=O)OC(C)(C)C)CC2)c1. The molecule has 1 saturated heterocycles. The molecule has 28 heavy (non-hydrogen) atoms. The van der Waals surface area contributed by atoms with Gasteiger partial charge in [-0.3, -0.25) is 4.79 Å². The van der Waals surface area contributed by atoms with Crippen molar-refractivity contribution >= 4 is 23.7 Å². The van der Waals surface area contributed by atoms with Crippen LogP contribution in [0.2, 0.25) is 0 Å². The second-order valence-corrected chi connectivity index (χ2v) is 7.93. The number of carbonyl (C=O) groups is 3. The van der Waals surface area contributed by atoms with Gasteiger partial charge in [-0.2, -0.15) is 0 Å². The standard InChI is InChI=1S/C20H30N4O4/c1-14(16-7-6-8-17(13-16)22-15(2)25)21-18(26)23-9-11-24(12-10-23)19(27)28-20(3,4)5/h6-8,13-14H,9-12H2,1-5H3,(H,21,26)(H,22,25). The second-order valence-electron chi connectivity index (χ2n) is 7.93. The first-order chi connectivity index (χ1) is 13.0. The Morgan fingerprint density at radius 1 is 1.07 bits per heavy atom. The molecule has 1 fully saturated rings. The fourth-order valence-electron chi connectivity index (χ4n) is 2.87. The number of hydrogen-bond donors (Lipinski definition) is 2. The van der Waals surface area contributed by atoms with Crippen molar-refractivity contribution in [2.45, 2.75) is 46.3 Å². The number of nitrogens with zero attached hydrogens (tertiary/aromatic N) is 2. The van der Waals surface area contributed by atoms with E-state index in [1.807, 2.05) is 45.9 Å². The summed E-state index contributed by atoms with van der Waals surface area (Å²) in [6, 6.07) is 6.98. The zero-order valence-corrected chi connectivity index (χ0v) is 17.2. The topological polar surface area (TPSA) is 91.0 Å². The van der Waals surface area contributed by atoms with Gasteiger partial charge in [0.2, 0.25) is 5.91 Å². The Balaban J connectivity index is 1.87. The van der Waals surface area contributed by atoms with Crippen molar-refractivity contribution in [2.24, 2.45) is 0 Å². The van der Waals surface area contributed by atoms with Gasteiger partial charge in [0.15, 0.2) is 0 Å². The van der Waals surface area contributed by atoms with Crippen molar-refractivity contribution in [3.63, 3.8) is 0 Å². The van der Waals surface area contributed by atoms with E-state index in [1.54, 1.807) is 15.9 Å². The summed E-state index contributed by atoms with van der Waals surface area (Å²) in [6.45, 7) is 10.6. The molecule has 4 amide bonds.